The summed E-state index contributed by atoms with van der Waals surface area (Å²) in [5.74, 6) is 0.596. The highest BCUT2D eigenvalue weighted by atomic mass is 79.9. The van der Waals surface area contributed by atoms with E-state index in [9.17, 15) is 4.79 Å². The summed E-state index contributed by atoms with van der Waals surface area (Å²) in [6.07, 6.45) is 1.72. The number of ether oxygens (including phenoxy) is 1. The third-order valence-electron chi connectivity index (χ3n) is 2.81. The van der Waals surface area contributed by atoms with E-state index in [1.54, 1.807) is 6.20 Å². The van der Waals surface area contributed by atoms with Gasteiger partial charge in [0.25, 0.3) is 0 Å². The zero-order valence-electron chi connectivity index (χ0n) is 12.4. The van der Waals surface area contributed by atoms with Crippen molar-refractivity contribution in [1.82, 2.24) is 4.98 Å². The number of thioether (sulfide) groups is 1. The number of amides is 1. The van der Waals surface area contributed by atoms with Gasteiger partial charge >= 0.3 is 0 Å². The molecule has 4 nitrogen and oxygen atoms in total. The van der Waals surface area contributed by atoms with Crippen molar-refractivity contribution < 1.29 is 9.53 Å². The lowest BCUT2D eigenvalue weighted by Gasteiger charge is -2.14. The number of carbonyl (C=O) groups excluding carboxylic acids is 1. The molecule has 0 fully saturated rings. The lowest BCUT2D eigenvalue weighted by Crippen LogP contribution is -2.22. The van der Waals surface area contributed by atoms with E-state index in [2.05, 4.69) is 26.2 Å². The van der Waals surface area contributed by atoms with Gasteiger partial charge in [-0.05, 0) is 54.0 Å². The first kappa shape index (κ1) is 16.8. The fourth-order valence-corrected chi connectivity index (χ4v) is 2.78. The Kier molecular flexibility index (Phi) is 6.27. The number of para-hydroxylation sites is 2. The number of pyridine rings is 1. The topological polar surface area (TPSA) is 51.2 Å². The van der Waals surface area contributed by atoms with Gasteiger partial charge < -0.3 is 10.1 Å². The van der Waals surface area contributed by atoms with Crippen LogP contribution in [-0.2, 0) is 4.79 Å². The Balaban J connectivity index is 2.01. The van der Waals surface area contributed by atoms with Gasteiger partial charge in [-0.25, -0.2) is 4.98 Å². The quantitative estimate of drug-likeness (QED) is 0.756. The van der Waals surface area contributed by atoms with Gasteiger partial charge in [0.1, 0.15) is 5.75 Å². The smallest absolute Gasteiger partial charge is 0.237 e. The number of carbonyl (C=O) groups is 1. The maximum Gasteiger partial charge on any atom is 0.237 e. The van der Waals surface area contributed by atoms with E-state index < -0.39 is 0 Å². The average Bonchev–Trinajstić information content (AvgIpc) is 2.51. The molecule has 116 valence electrons. The standard InChI is InChI=1S/C16H17BrN2O2S/c1-3-21-14-7-5-4-6-13(14)19-16(20)11(2)22-15-9-8-12(17)10-18-15/h4-11H,3H2,1-2H3,(H,19,20). The van der Waals surface area contributed by atoms with Gasteiger partial charge in [0.05, 0.1) is 22.6 Å². The highest BCUT2D eigenvalue weighted by Gasteiger charge is 2.16. The van der Waals surface area contributed by atoms with Gasteiger partial charge in [-0.2, -0.15) is 0 Å². The van der Waals surface area contributed by atoms with Crippen LogP contribution in [-0.4, -0.2) is 22.7 Å². The van der Waals surface area contributed by atoms with Gasteiger partial charge in [-0.15, -0.1) is 0 Å². The third kappa shape index (κ3) is 4.74. The lowest BCUT2D eigenvalue weighted by molar-refractivity contribution is -0.115. The highest BCUT2D eigenvalue weighted by molar-refractivity contribution is 9.10. The van der Waals surface area contributed by atoms with Crippen molar-refractivity contribution >= 4 is 39.3 Å². The molecule has 1 N–H and O–H groups in total. The molecule has 1 atom stereocenters. The number of hydrogen-bond acceptors (Lipinski definition) is 4. The van der Waals surface area contributed by atoms with Crippen LogP contribution in [0.5, 0.6) is 5.75 Å². The summed E-state index contributed by atoms with van der Waals surface area (Å²) in [5.41, 5.74) is 0.686. The molecule has 1 aromatic heterocycles. The minimum Gasteiger partial charge on any atom is -0.492 e. The largest absolute Gasteiger partial charge is 0.492 e. The van der Waals surface area contributed by atoms with Crippen molar-refractivity contribution in [3.8, 4) is 5.75 Å². The minimum atomic E-state index is -0.261. The number of anilines is 1. The summed E-state index contributed by atoms with van der Waals surface area (Å²) in [4.78, 5) is 16.6. The Morgan fingerprint density at radius 2 is 2.14 bits per heavy atom. The third-order valence-corrected chi connectivity index (χ3v) is 4.33. The molecule has 0 aliphatic heterocycles. The van der Waals surface area contributed by atoms with Crippen LogP contribution in [0.25, 0.3) is 0 Å². The van der Waals surface area contributed by atoms with Gasteiger partial charge in [-0.3, -0.25) is 4.79 Å². The number of nitrogens with one attached hydrogen (secondary N) is 1. The van der Waals surface area contributed by atoms with Crippen molar-refractivity contribution in [2.75, 3.05) is 11.9 Å². The second-order valence-corrected chi connectivity index (χ2v) is 6.77. The number of rotatable bonds is 6. The molecule has 6 heteroatoms. The second-order valence-electron chi connectivity index (χ2n) is 4.49. The van der Waals surface area contributed by atoms with E-state index in [1.807, 2.05) is 50.2 Å². The summed E-state index contributed by atoms with van der Waals surface area (Å²) in [6.45, 7) is 4.32. The molecule has 1 amide bonds. The van der Waals surface area contributed by atoms with E-state index in [1.165, 1.54) is 11.8 Å². The van der Waals surface area contributed by atoms with Crippen LogP contribution in [0, 0.1) is 0 Å². The Labute approximate surface area is 142 Å². The highest BCUT2D eigenvalue weighted by Crippen LogP contribution is 2.27. The molecular formula is C16H17BrN2O2S. The predicted octanol–water partition coefficient (Wildman–Crippen LogP) is 4.36. The van der Waals surface area contributed by atoms with Crippen LogP contribution in [0.2, 0.25) is 0 Å². The van der Waals surface area contributed by atoms with Crippen molar-refractivity contribution in [3.63, 3.8) is 0 Å². The van der Waals surface area contributed by atoms with Crippen LogP contribution in [0.3, 0.4) is 0 Å². The first-order valence-electron chi connectivity index (χ1n) is 6.91. The van der Waals surface area contributed by atoms with Crippen molar-refractivity contribution in [3.05, 3.63) is 47.1 Å². The fraction of sp³-hybridized carbons (Fsp3) is 0.250. The minimum absolute atomic E-state index is 0.0816. The van der Waals surface area contributed by atoms with Crippen LogP contribution < -0.4 is 10.1 Å². The van der Waals surface area contributed by atoms with Crippen LogP contribution in [0.15, 0.2) is 52.1 Å². The first-order chi connectivity index (χ1) is 10.6. The maximum absolute atomic E-state index is 12.3. The number of aromatic nitrogens is 1. The Bertz CT molecular complexity index is 634. The monoisotopic (exact) mass is 380 g/mol. The fourth-order valence-electron chi connectivity index (χ4n) is 1.75. The summed E-state index contributed by atoms with van der Waals surface area (Å²) < 4.78 is 6.43. The molecule has 22 heavy (non-hydrogen) atoms. The molecule has 1 unspecified atom stereocenters. The van der Waals surface area contributed by atoms with Crippen molar-refractivity contribution in [1.29, 1.82) is 0 Å². The molecule has 0 spiro atoms. The van der Waals surface area contributed by atoms with Gasteiger partial charge in [0.15, 0.2) is 0 Å². The summed E-state index contributed by atoms with van der Waals surface area (Å²) in [7, 11) is 0. The van der Waals surface area contributed by atoms with E-state index in [0.29, 0.717) is 18.0 Å². The first-order valence-corrected chi connectivity index (χ1v) is 8.58. The summed E-state index contributed by atoms with van der Waals surface area (Å²) >= 11 is 4.76. The molecular weight excluding hydrogens is 364 g/mol. The van der Waals surface area contributed by atoms with E-state index >= 15 is 0 Å². The second kappa shape index (κ2) is 8.19. The Morgan fingerprint density at radius 3 is 2.82 bits per heavy atom. The van der Waals surface area contributed by atoms with Crippen LogP contribution in [0.4, 0.5) is 5.69 Å². The average molecular weight is 381 g/mol. The molecule has 0 saturated heterocycles. The van der Waals surface area contributed by atoms with Crippen LogP contribution in [0.1, 0.15) is 13.8 Å². The van der Waals surface area contributed by atoms with E-state index in [4.69, 9.17) is 4.74 Å². The lowest BCUT2D eigenvalue weighted by atomic mass is 10.3. The molecule has 0 saturated carbocycles. The molecule has 2 aromatic rings. The number of halogens is 1. The predicted molar refractivity (Wildman–Crippen MR) is 93.5 cm³/mol. The van der Waals surface area contributed by atoms with Crippen molar-refractivity contribution in [2.45, 2.75) is 24.1 Å². The molecule has 0 aliphatic carbocycles. The Morgan fingerprint density at radius 1 is 1.36 bits per heavy atom. The summed E-state index contributed by atoms with van der Waals surface area (Å²) in [5, 5.41) is 3.45. The number of hydrogen-bond donors (Lipinski definition) is 1. The van der Waals surface area contributed by atoms with Crippen molar-refractivity contribution in [2.24, 2.45) is 0 Å². The number of benzene rings is 1. The zero-order chi connectivity index (χ0) is 15.9. The molecule has 2 rings (SSSR count). The van der Waals surface area contributed by atoms with Gasteiger partial charge in [0, 0.05) is 10.7 Å². The van der Waals surface area contributed by atoms with Gasteiger partial charge in [-0.1, -0.05) is 23.9 Å². The normalized spacial score (nSPS) is 11.8. The van der Waals surface area contributed by atoms with E-state index in [-0.39, 0.29) is 11.2 Å². The molecule has 0 bridgehead atoms. The Hall–Kier alpha value is -1.53. The molecule has 1 aromatic carbocycles. The van der Waals surface area contributed by atoms with Gasteiger partial charge in [0.2, 0.25) is 5.91 Å². The van der Waals surface area contributed by atoms with Crippen LogP contribution >= 0.6 is 27.7 Å². The SMILES string of the molecule is CCOc1ccccc1NC(=O)C(C)Sc1ccc(Br)cn1. The van der Waals surface area contributed by atoms with E-state index in [0.717, 1.165) is 9.50 Å². The maximum atomic E-state index is 12.3. The molecule has 0 radical (unpaired) electrons. The molecule has 1 heterocycles. The summed E-state index contributed by atoms with van der Waals surface area (Å²) in [6, 6.07) is 11.2. The number of nitrogens with zero attached hydrogens (tertiary/aromatic N) is 1. The molecule has 0 aliphatic rings. The zero-order valence-corrected chi connectivity index (χ0v) is 14.8.